The average molecular weight is 304 g/mol. The number of methoxy groups -OCH3 is 1. The van der Waals surface area contributed by atoms with E-state index in [1.54, 1.807) is 0 Å². The standard InChI is InChI=1S/C12H20N2O5S/c1-19-9(3-6-15)11(17)8(4-7-20)14-5-2-10(16)13-12(14)18/h2,5,8-9,11,15,17,20H,3-4,6-7H2,1H3,(H,13,16,18)/t8?,9-,11+/m1/s1. The number of ether oxygens (including phenoxy) is 1. The normalized spacial score (nSPS) is 15.8. The van der Waals surface area contributed by atoms with Gasteiger partial charge in [-0.2, -0.15) is 12.6 Å². The summed E-state index contributed by atoms with van der Waals surface area (Å²) in [6, 6.07) is 0.626. The van der Waals surface area contributed by atoms with Gasteiger partial charge in [0.05, 0.1) is 12.1 Å². The van der Waals surface area contributed by atoms with E-state index in [9.17, 15) is 14.7 Å². The molecule has 1 rings (SSSR count). The van der Waals surface area contributed by atoms with E-state index < -0.39 is 29.5 Å². The van der Waals surface area contributed by atoms with Gasteiger partial charge in [0.2, 0.25) is 0 Å². The van der Waals surface area contributed by atoms with Crippen LogP contribution in [0, 0.1) is 0 Å². The van der Waals surface area contributed by atoms with Crippen molar-refractivity contribution < 1.29 is 14.9 Å². The molecule has 0 fully saturated rings. The minimum absolute atomic E-state index is 0.135. The Hall–Kier alpha value is -1.09. The van der Waals surface area contributed by atoms with Crippen molar-refractivity contribution in [3.8, 4) is 0 Å². The van der Waals surface area contributed by atoms with Gasteiger partial charge in [-0.15, -0.1) is 0 Å². The van der Waals surface area contributed by atoms with Crippen LogP contribution in [-0.2, 0) is 4.74 Å². The number of aromatic nitrogens is 2. The highest BCUT2D eigenvalue weighted by Gasteiger charge is 2.29. The zero-order valence-electron chi connectivity index (χ0n) is 11.2. The molecule has 0 radical (unpaired) electrons. The number of nitrogens with one attached hydrogen (secondary N) is 1. The third kappa shape index (κ3) is 4.20. The van der Waals surface area contributed by atoms with Crippen LogP contribution in [-0.4, -0.2) is 51.4 Å². The van der Waals surface area contributed by atoms with Crippen molar-refractivity contribution in [1.29, 1.82) is 0 Å². The number of aliphatic hydroxyl groups excluding tert-OH is 2. The maximum Gasteiger partial charge on any atom is 0.328 e. The second kappa shape index (κ2) is 8.25. The van der Waals surface area contributed by atoms with Crippen molar-refractivity contribution in [1.82, 2.24) is 9.55 Å². The minimum atomic E-state index is -0.997. The number of aliphatic hydroxyl groups is 2. The fourth-order valence-corrected chi connectivity index (χ4v) is 2.36. The molecule has 1 heterocycles. The number of rotatable bonds is 8. The van der Waals surface area contributed by atoms with Gasteiger partial charge in [0, 0.05) is 26.0 Å². The number of hydrogen-bond acceptors (Lipinski definition) is 6. The van der Waals surface area contributed by atoms with Gasteiger partial charge in [-0.3, -0.25) is 14.3 Å². The molecule has 20 heavy (non-hydrogen) atoms. The van der Waals surface area contributed by atoms with Gasteiger partial charge < -0.3 is 14.9 Å². The largest absolute Gasteiger partial charge is 0.396 e. The van der Waals surface area contributed by atoms with E-state index in [1.165, 1.54) is 23.9 Å². The smallest absolute Gasteiger partial charge is 0.328 e. The third-order valence-electron chi connectivity index (χ3n) is 3.12. The van der Waals surface area contributed by atoms with Crippen LogP contribution in [0.25, 0.3) is 0 Å². The Kier molecular flexibility index (Phi) is 7.00. The number of hydrogen-bond donors (Lipinski definition) is 4. The monoisotopic (exact) mass is 304 g/mol. The van der Waals surface area contributed by atoms with Gasteiger partial charge >= 0.3 is 5.69 Å². The molecule has 0 saturated carbocycles. The number of thiol groups is 1. The molecule has 0 aliphatic rings. The zero-order chi connectivity index (χ0) is 15.1. The Bertz CT molecular complexity index is 515. The van der Waals surface area contributed by atoms with Gasteiger partial charge in [-0.05, 0) is 18.6 Å². The molecule has 3 N–H and O–H groups in total. The van der Waals surface area contributed by atoms with E-state index in [4.69, 9.17) is 9.84 Å². The van der Waals surface area contributed by atoms with Crippen molar-refractivity contribution in [3.63, 3.8) is 0 Å². The molecule has 0 saturated heterocycles. The molecular weight excluding hydrogens is 284 g/mol. The van der Waals surface area contributed by atoms with Gasteiger partial charge in [0.25, 0.3) is 5.56 Å². The molecule has 114 valence electrons. The maximum absolute atomic E-state index is 11.8. The SMILES string of the molecule is CO[C@H](CCO)[C@@H](O)C(CCS)n1ccc(=O)[nH]c1=O. The van der Waals surface area contributed by atoms with Crippen molar-refractivity contribution in [2.75, 3.05) is 19.5 Å². The molecule has 8 heteroatoms. The first-order chi connectivity index (χ1) is 9.54. The van der Waals surface area contributed by atoms with Gasteiger partial charge in [-0.25, -0.2) is 4.79 Å². The van der Waals surface area contributed by atoms with E-state index in [1.807, 2.05) is 0 Å². The van der Waals surface area contributed by atoms with Crippen LogP contribution in [0.2, 0.25) is 0 Å². The summed E-state index contributed by atoms with van der Waals surface area (Å²) in [5.41, 5.74) is -1.09. The fraction of sp³-hybridized carbons (Fsp3) is 0.667. The molecule has 7 nitrogen and oxygen atoms in total. The Morgan fingerprint density at radius 1 is 1.45 bits per heavy atom. The first-order valence-electron chi connectivity index (χ1n) is 6.29. The van der Waals surface area contributed by atoms with Gasteiger partial charge in [-0.1, -0.05) is 0 Å². The lowest BCUT2D eigenvalue weighted by molar-refractivity contribution is -0.0491. The fourth-order valence-electron chi connectivity index (χ4n) is 2.10. The second-order valence-corrected chi connectivity index (χ2v) is 4.82. The molecule has 0 amide bonds. The summed E-state index contributed by atoms with van der Waals surface area (Å²) in [4.78, 5) is 25.0. The molecule has 0 aromatic carbocycles. The Balaban J connectivity index is 3.09. The summed E-state index contributed by atoms with van der Waals surface area (Å²) in [7, 11) is 1.43. The van der Waals surface area contributed by atoms with Crippen LogP contribution in [0.5, 0.6) is 0 Å². The molecule has 0 aliphatic heterocycles. The highest BCUT2D eigenvalue weighted by Crippen LogP contribution is 2.20. The summed E-state index contributed by atoms with van der Waals surface area (Å²) >= 11 is 4.12. The van der Waals surface area contributed by atoms with E-state index in [0.29, 0.717) is 12.2 Å². The van der Waals surface area contributed by atoms with Crippen LogP contribution in [0.4, 0.5) is 0 Å². The molecule has 1 aromatic rings. The van der Waals surface area contributed by atoms with Crippen molar-refractivity contribution in [2.45, 2.75) is 31.1 Å². The van der Waals surface area contributed by atoms with Gasteiger partial charge in [0.15, 0.2) is 0 Å². The molecule has 0 aliphatic carbocycles. The van der Waals surface area contributed by atoms with E-state index in [-0.39, 0.29) is 13.0 Å². The topological polar surface area (TPSA) is 105 Å². The lowest BCUT2D eigenvalue weighted by Gasteiger charge is -2.29. The molecule has 1 aromatic heterocycles. The van der Waals surface area contributed by atoms with Crippen LogP contribution in [0.1, 0.15) is 18.9 Å². The molecular formula is C12H20N2O5S. The van der Waals surface area contributed by atoms with E-state index in [0.717, 1.165) is 0 Å². The van der Waals surface area contributed by atoms with Crippen LogP contribution < -0.4 is 11.2 Å². The summed E-state index contributed by atoms with van der Waals surface area (Å²) in [5, 5.41) is 19.3. The number of H-pyrrole nitrogens is 1. The summed E-state index contributed by atoms with van der Waals surface area (Å²) < 4.78 is 6.40. The predicted molar refractivity (Wildman–Crippen MR) is 77.3 cm³/mol. The maximum atomic E-state index is 11.8. The van der Waals surface area contributed by atoms with Crippen molar-refractivity contribution in [3.05, 3.63) is 33.1 Å². The van der Waals surface area contributed by atoms with Crippen molar-refractivity contribution in [2.24, 2.45) is 0 Å². The first-order valence-corrected chi connectivity index (χ1v) is 6.92. The minimum Gasteiger partial charge on any atom is -0.396 e. The second-order valence-electron chi connectivity index (χ2n) is 4.37. The molecule has 1 unspecified atom stereocenters. The van der Waals surface area contributed by atoms with E-state index >= 15 is 0 Å². The zero-order valence-corrected chi connectivity index (χ0v) is 12.1. The lowest BCUT2D eigenvalue weighted by Crippen LogP contribution is -2.42. The van der Waals surface area contributed by atoms with Gasteiger partial charge in [0.1, 0.15) is 6.10 Å². The van der Waals surface area contributed by atoms with Crippen LogP contribution in [0.15, 0.2) is 21.9 Å². The Morgan fingerprint density at radius 3 is 2.65 bits per heavy atom. The Labute approximate surface area is 121 Å². The van der Waals surface area contributed by atoms with Crippen molar-refractivity contribution >= 4 is 12.6 Å². The molecule has 0 bridgehead atoms. The molecule has 3 atom stereocenters. The van der Waals surface area contributed by atoms with Crippen LogP contribution in [0.3, 0.4) is 0 Å². The highest BCUT2D eigenvalue weighted by molar-refractivity contribution is 7.80. The highest BCUT2D eigenvalue weighted by atomic mass is 32.1. The third-order valence-corrected chi connectivity index (χ3v) is 3.38. The Morgan fingerprint density at radius 2 is 2.15 bits per heavy atom. The van der Waals surface area contributed by atoms with Crippen LogP contribution >= 0.6 is 12.6 Å². The van der Waals surface area contributed by atoms with E-state index in [2.05, 4.69) is 17.6 Å². The quantitative estimate of drug-likeness (QED) is 0.469. The summed E-state index contributed by atoms with van der Waals surface area (Å²) in [6.45, 7) is -0.135. The first kappa shape index (κ1) is 17.0. The average Bonchev–Trinajstić information content (AvgIpc) is 2.42. The number of aromatic amines is 1. The molecule has 0 spiro atoms. The lowest BCUT2D eigenvalue weighted by atomic mass is 10.0. The predicted octanol–water partition coefficient (Wildman–Crippen LogP) is -0.844. The number of nitrogens with zero attached hydrogens (tertiary/aromatic N) is 1. The summed E-state index contributed by atoms with van der Waals surface area (Å²) in [5.74, 6) is 0.447. The summed E-state index contributed by atoms with van der Waals surface area (Å²) in [6.07, 6.45) is 0.399.